The van der Waals surface area contributed by atoms with E-state index in [1.54, 1.807) is 7.11 Å². The van der Waals surface area contributed by atoms with E-state index in [4.69, 9.17) is 9.47 Å². The van der Waals surface area contributed by atoms with Gasteiger partial charge < -0.3 is 25.0 Å². The van der Waals surface area contributed by atoms with Crippen molar-refractivity contribution in [3.05, 3.63) is 29.3 Å². The lowest BCUT2D eigenvalue weighted by atomic mass is 9.97. The number of methoxy groups -OCH3 is 1. The summed E-state index contributed by atoms with van der Waals surface area (Å²) in [4.78, 5) is 7.00. The molecule has 1 heterocycles. The first-order chi connectivity index (χ1) is 14.0. The van der Waals surface area contributed by atoms with E-state index in [-0.39, 0.29) is 0 Å². The standard InChI is InChI=1S/C23H40N4O2/c1-18(2)16-27-10-6-7-20(17-27)14-25-23(24-4)26-15-21-9-8-19(3)13-22(21)29-12-11-28-5/h8-9,13,18,20H,6-7,10-12,14-17H2,1-5H3,(H2,24,25,26). The molecule has 1 fully saturated rings. The fraction of sp³-hybridized carbons (Fsp3) is 0.696. The number of piperidine rings is 1. The molecule has 6 heteroatoms. The molecule has 2 N–H and O–H groups in total. The van der Waals surface area contributed by atoms with Crippen LogP contribution < -0.4 is 15.4 Å². The molecule has 0 radical (unpaired) electrons. The average molecular weight is 405 g/mol. The molecule has 1 saturated heterocycles. The van der Waals surface area contributed by atoms with Crippen LogP contribution in [0.25, 0.3) is 0 Å². The summed E-state index contributed by atoms with van der Waals surface area (Å²) in [7, 11) is 3.51. The first-order valence-electron chi connectivity index (χ1n) is 10.9. The van der Waals surface area contributed by atoms with Gasteiger partial charge in [0, 0.05) is 45.9 Å². The molecule has 0 aromatic heterocycles. The summed E-state index contributed by atoms with van der Waals surface area (Å²) in [5.74, 6) is 3.15. The number of nitrogens with one attached hydrogen (secondary N) is 2. The van der Waals surface area contributed by atoms with Crippen molar-refractivity contribution in [2.45, 2.75) is 40.2 Å². The molecule has 0 saturated carbocycles. The van der Waals surface area contributed by atoms with Crippen LogP contribution in [0, 0.1) is 18.8 Å². The summed E-state index contributed by atoms with van der Waals surface area (Å²) in [6, 6.07) is 6.30. The minimum absolute atomic E-state index is 0.550. The van der Waals surface area contributed by atoms with Crippen LogP contribution in [0.15, 0.2) is 23.2 Å². The summed E-state index contributed by atoms with van der Waals surface area (Å²) in [6.07, 6.45) is 2.57. The molecule has 0 amide bonds. The van der Waals surface area contributed by atoms with Crippen molar-refractivity contribution in [3.63, 3.8) is 0 Å². The first kappa shape index (κ1) is 23.5. The van der Waals surface area contributed by atoms with Gasteiger partial charge in [0.2, 0.25) is 0 Å². The smallest absolute Gasteiger partial charge is 0.191 e. The molecule has 1 aliphatic heterocycles. The average Bonchev–Trinajstić information content (AvgIpc) is 2.69. The van der Waals surface area contributed by atoms with Crippen molar-refractivity contribution in [1.82, 2.24) is 15.5 Å². The third-order valence-electron chi connectivity index (χ3n) is 5.22. The molecule has 1 aliphatic rings. The van der Waals surface area contributed by atoms with E-state index in [1.807, 2.05) is 7.05 Å². The Morgan fingerprint density at radius 1 is 1.28 bits per heavy atom. The zero-order valence-corrected chi connectivity index (χ0v) is 19.0. The second-order valence-electron chi connectivity index (χ2n) is 8.42. The van der Waals surface area contributed by atoms with Crippen LogP contribution in [0.4, 0.5) is 0 Å². The molecule has 0 bridgehead atoms. The van der Waals surface area contributed by atoms with Crippen LogP contribution >= 0.6 is 0 Å². The van der Waals surface area contributed by atoms with Gasteiger partial charge in [0.15, 0.2) is 5.96 Å². The Morgan fingerprint density at radius 3 is 2.83 bits per heavy atom. The van der Waals surface area contributed by atoms with Gasteiger partial charge >= 0.3 is 0 Å². The third-order valence-corrected chi connectivity index (χ3v) is 5.22. The lowest BCUT2D eigenvalue weighted by Gasteiger charge is -2.34. The maximum Gasteiger partial charge on any atom is 0.191 e. The topological polar surface area (TPSA) is 58.1 Å². The summed E-state index contributed by atoms with van der Waals surface area (Å²) in [6.45, 7) is 13.0. The molecule has 0 spiro atoms. The fourth-order valence-corrected chi connectivity index (χ4v) is 3.82. The van der Waals surface area contributed by atoms with E-state index in [1.165, 1.54) is 38.0 Å². The molecule has 164 valence electrons. The van der Waals surface area contributed by atoms with Crippen molar-refractivity contribution in [1.29, 1.82) is 0 Å². The Hall–Kier alpha value is -1.79. The highest BCUT2D eigenvalue weighted by Crippen LogP contribution is 2.20. The normalized spacial score (nSPS) is 18.1. The number of benzene rings is 1. The van der Waals surface area contributed by atoms with Crippen LogP contribution in [-0.2, 0) is 11.3 Å². The minimum Gasteiger partial charge on any atom is -0.491 e. The van der Waals surface area contributed by atoms with Crippen molar-refractivity contribution >= 4 is 5.96 Å². The minimum atomic E-state index is 0.550. The zero-order chi connectivity index (χ0) is 21.1. The number of rotatable bonds is 10. The number of hydrogen-bond donors (Lipinski definition) is 2. The SMILES string of the molecule is CN=C(NCc1ccc(C)cc1OCCOC)NCC1CCCN(CC(C)C)C1. The van der Waals surface area contributed by atoms with E-state index in [0.29, 0.717) is 25.7 Å². The predicted octanol–water partition coefficient (Wildman–Crippen LogP) is 3.05. The largest absolute Gasteiger partial charge is 0.491 e. The van der Waals surface area contributed by atoms with Gasteiger partial charge in [-0.3, -0.25) is 4.99 Å². The molecule has 0 aliphatic carbocycles. The molecule has 1 atom stereocenters. The van der Waals surface area contributed by atoms with Crippen LogP contribution in [0.2, 0.25) is 0 Å². The number of likely N-dealkylation sites (tertiary alicyclic amines) is 1. The van der Waals surface area contributed by atoms with E-state index >= 15 is 0 Å². The van der Waals surface area contributed by atoms with Gasteiger partial charge in [-0.05, 0) is 49.8 Å². The second kappa shape index (κ2) is 12.7. The van der Waals surface area contributed by atoms with Gasteiger partial charge in [-0.15, -0.1) is 0 Å². The van der Waals surface area contributed by atoms with Gasteiger partial charge in [0.1, 0.15) is 12.4 Å². The lowest BCUT2D eigenvalue weighted by molar-refractivity contribution is 0.145. The van der Waals surface area contributed by atoms with Gasteiger partial charge in [0.05, 0.1) is 6.61 Å². The zero-order valence-electron chi connectivity index (χ0n) is 19.0. The molecule has 1 unspecified atom stereocenters. The predicted molar refractivity (Wildman–Crippen MR) is 121 cm³/mol. The molecule has 6 nitrogen and oxygen atoms in total. The van der Waals surface area contributed by atoms with Crippen molar-refractivity contribution in [2.75, 3.05) is 53.6 Å². The number of aryl methyl sites for hydroxylation is 1. The van der Waals surface area contributed by atoms with Crippen molar-refractivity contribution < 1.29 is 9.47 Å². The highest BCUT2D eigenvalue weighted by Gasteiger charge is 2.20. The van der Waals surface area contributed by atoms with E-state index in [0.717, 1.165) is 29.7 Å². The Kier molecular flexibility index (Phi) is 10.3. The van der Waals surface area contributed by atoms with Crippen LogP contribution in [0.1, 0.15) is 37.8 Å². The van der Waals surface area contributed by atoms with E-state index < -0.39 is 0 Å². The van der Waals surface area contributed by atoms with Crippen molar-refractivity contribution in [3.8, 4) is 5.75 Å². The molecule has 29 heavy (non-hydrogen) atoms. The van der Waals surface area contributed by atoms with Gasteiger partial charge in [-0.25, -0.2) is 0 Å². The van der Waals surface area contributed by atoms with Crippen LogP contribution in [0.5, 0.6) is 5.75 Å². The van der Waals surface area contributed by atoms with Gasteiger partial charge in [-0.2, -0.15) is 0 Å². The molecule has 1 aromatic rings. The maximum absolute atomic E-state index is 5.89. The van der Waals surface area contributed by atoms with Crippen LogP contribution in [-0.4, -0.2) is 64.4 Å². The highest BCUT2D eigenvalue weighted by molar-refractivity contribution is 5.79. The maximum atomic E-state index is 5.89. The molecule has 1 aromatic carbocycles. The van der Waals surface area contributed by atoms with Crippen molar-refractivity contribution in [2.24, 2.45) is 16.8 Å². The fourth-order valence-electron chi connectivity index (χ4n) is 3.82. The Bertz CT molecular complexity index is 633. The summed E-state index contributed by atoms with van der Waals surface area (Å²) >= 11 is 0. The number of nitrogens with zero attached hydrogens (tertiary/aromatic N) is 2. The van der Waals surface area contributed by atoms with Gasteiger partial charge in [0.25, 0.3) is 0 Å². The first-order valence-corrected chi connectivity index (χ1v) is 10.9. The number of aliphatic imine (C=N–C) groups is 1. The Balaban J connectivity index is 1.83. The van der Waals surface area contributed by atoms with Gasteiger partial charge in [-0.1, -0.05) is 26.0 Å². The Morgan fingerprint density at radius 2 is 2.10 bits per heavy atom. The molecular weight excluding hydrogens is 364 g/mol. The number of ether oxygens (including phenoxy) is 2. The summed E-state index contributed by atoms with van der Waals surface area (Å²) in [5, 5.41) is 6.95. The number of guanidine groups is 1. The van der Waals surface area contributed by atoms with E-state index in [2.05, 4.69) is 59.5 Å². The lowest BCUT2D eigenvalue weighted by Crippen LogP contribution is -2.45. The number of hydrogen-bond acceptors (Lipinski definition) is 4. The molecular formula is C23H40N4O2. The summed E-state index contributed by atoms with van der Waals surface area (Å²) in [5.41, 5.74) is 2.31. The summed E-state index contributed by atoms with van der Waals surface area (Å²) < 4.78 is 11.0. The monoisotopic (exact) mass is 404 g/mol. The highest BCUT2D eigenvalue weighted by atomic mass is 16.5. The van der Waals surface area contributed by atoms with E-state index in [9.17, 15) is 0 Å². The molecule has 2 rings (SSSR count). The third kappa shape index (κ3) is 8.62. The Labute approximate surface area is 177 Å². The van der Waals surface area contributed by atoms with Crippen LogP contribution in [0.3, 0.4) is 0 Å². The second-order valence-corrected chi connectivity index (χ2v) is 8.42. The quantitative estimate of drug-likeness (QED) is 0.357.